The molecule has 2 rings (SSSR count). The summed E-state index contributed by atoms with van der Waals surface area (Å²) in [6.45, 7) is 3.74. The van der Waals surface area contributed by atoms with Crippen molar-refractivity contribution in [3.05, 3.63) is 65.5 Å². The molecule has 0 saturated heterocycles. The van der Waals surface area contributed by atoms with Crippen molar-refractivity contribution in [2.75, 3.05) is 0 Å². The molecule has 2 N–H and O–H groups in total. The van der Waals surface area contributed by atoms with Crippen molar-refractivity contribution in [1.29, 1.82) is 0 Å². The Kier molecular flexibility index (Phi) is 4.17. The molecule has 0 saturated carbocycles. The van der Waals surface area contributed by atoms with Crippen LogP contribution in [0.2, 0.25) is 0 Å². The summed E-state index contributed by atoms with van der Waals surface area (Å²) in [6.07, 6.45) is -0.188. The quantitative estimate of drug-likeness (QED) is 0.910. The summed E-state index contributed by atoms with van der Waals surface area (Å²) in [5.74, 6) is 0.408. The number of ether oxygens (including phenoxy) is 1. The second-order valence-corrected chi connectivity index (χ2v) is 4.67. The van der Waals surface area contributed by atoms with E-state index < -0.39 is 0 Å². The Morgan fingerprint density at radius 2 is 1.79 bits per heavy atom. The summed E-state index contributed by atoms with van der Waals surface area (Å²) < 4.78 is 18.9. The molecule has 3 heteroatoms. The number of halogens is 1. The monoisotopic (exact) mass is 259 g/mol. The Hall–Kier alpha value is -1.87. The molecule has 0 aliphatic carbocycles. The van der Waals surface area contributed by atoms with Gasteiger partial charge in [0.1, 0.15) is 17.7 Å². The molecule has 0 aromatic heterocycles. The van der Waals surface area contributed by atoms with E-state index in [2.05, 4.69) is 0 Å². The molecule has 2 unspecified atom stereocenters. The third-order valence-corrected chi connectivity index (χ3v) is 3.14. The number of nitrogens with two attached hydrogens (primary N) is 1. The van der Waals surface area contributed by atoms with Gasteiger partial charge in [-0.3, -0.25) is 0 Å². The number of hydrogen-bond donors (Lipinski definition) is 1. The summed E-state index contributed by atoms with van der Waals surface area (Å²) in [5.41, 5.74) is 7.96. The molecule has 0 heterocycles. The van der Waals surface area contributed by atoms with Crippen LogP contribution in [0.3, 0.4) is 0 Å². The number of rotatable bonds is 4. The Balaban J connectivity index is 2.10. The highest BCUT2D eigenvalue weighted by Gasteiger charge is 2.17. The SMILES string of the molecule is Cc1cc(F)ccc1OC(C)C(N)c1ccccc1. The third-order valence-electron chi connectivity index (χ3n) is 3.14. The molecular formula is C16H18FNO. The Bertz CT molecular complexity index is 542. The van der Waals surface area contributed by atoms with Crippen molar-refractivity contribution in [2.45, 2.75) is 26.0 Å². The minimum Gasteiger partial charge on any atom is -0.488 e. The van der Waals surface area contributed by atoms with Crippen molar-refractivity contribution in [2.24, 2.45) is 5.73 Å². The van der Waals surface area contributed by atoms with E-state index in [0.717, 1.165) is 11.1 Å². The van der Waals surface area contributed by atoms with E-state index in [9.17, 15) is 4.39 Å². The largest absolute Gasteiger partial charge is 0.488 e. The van der Waals surface area contributed by atoms with Crippen LogP contribution >= 0.6 is 0 Å². The van der Waals surface area contributed by atoms with E-state index in [-0.39, 0.29) is 18.0 Å². The van der Waals surface area contributed by atoms with Crippen LogP contribution in [0.5, 0.6) is 5.75 Å². The Morgan fingerprint density at radius 1 is 1.11 bits per heavy atom. The van der Waals surface area contributed by atoms with E-state index in [4.69, 9.17) is 10.5 Å². The summed E-state index contributed by atoms with van der Waals surface area (Å²) in [6, 6.07) is 14.1. The van der Waals surface area contributed by atoms with Crippen LogP contribution in [-0.2, 0) is 0 Å². The second kappa shape index (κ2) is 5.85. The highest BCUT2D eigenvalue weighted by molar-refractivity contribution is 5.33. The van der Waals surface area contributed by atoms with E-state index in [0.29, 0.717) is 5.75 Å². The third kappa shape index (κ3) is 3.32. The first-order chi connectivity index (χ1) is 9.08. The second-order valence-electron chi connectivity index (χ2n) is 4.67. The Morgan fingerprint density at radius 3 is 2.42 bits per heavy atom. The maximum atomic E-state index is 13.0. The van der Waals surface area contributed by atoms with Crippen molar-refractivity contribution in [3.63, 3.8) is 0 Å². The maximum Gasteiger partial charge on any atom is 0.123 e. The highest BCUT2D eigenvalue weighted by atomic mass is 19.1. The van der Waals surface area contributed by atoms with E-state index in [1.807, 2.05) is 44.2 Å². The summed E-state index contributed by atoms with van der Waals surface area (Å²) in [7, 11) is 0. The lowest BCUT2D eigenvalue weighted by atomic mass is 10.0. The van der Waals surface area contributed by atoms with Crippen LogP contribution in [0.25, 0.3) is 0 Å². The van der Waals surface area contributed by atoms with Crippen LogP contribution < -0.4 is 10.5 Å². The zero-order valence-electron chi connectivity index (χ0n) is 11.1. The van der Waals surface area contributed by atoms with Crippen LogP contribution in [-0.4, -0.2) is 6.10 Å². The average molecular weight is 259 g/mol. The number of benzene rings is 2. The van der Waals surface area contributed by atoms with Gasteiger partial charge in [-0.2, -0.15) is 0 Å². The van der Waals surface area contributed by atoms with Crippen molar-refractivity contribution in [3.8, 4) is 5.75 Å². The van der Waals surface area contributed by atoms with E-state index in [1.54, 1.807) is 6.07 Å². The first-order valence-corrected chi connectivity index (χ1v) is 6.31. The number of aryl methyl sites for hydroxylation is 1. The molecule has 0 bridgehead atoms. The molecule has 19 heavy (non-hydrogen) atoms. The lowest BCUT2D eigenvalue weighted by molar-refractivity contribution is 0.189. The molecule has 2 aromatic carbocycles. The summed E-state index contributed by atoms with van der Waals surface area (Å²) in [5, 5.41) is 0. The fourth-order valence-electron chi connectivity index (χ4n) is 1.96. The summed E-state index contributed by atoms with van der Waals surface area (Å²) in [4.78, 5) is 0. The van der Waals surface area contributed by atoms with Gasteiger partial charge in [0.2, 0.25) is 0 Å². The van der Waals surface area contributed by atoms with Gasteiger partial charge in [0, 0.05) is 0 Å². The van der Waals surface area contributed by atoms with Crippen molar-refractivity contribution >= 4 is 0 Å². The predicted octanol–water partition coefficient (Wildman–Crippen LogP) is 3.60. The molecule has 0 aliphatic rings. The fourth-order valence-corrected chi connectivity index (χ4v) is 1.96. The fraction of sp³-hybridized carbons (Fsp3) is 0.250. The molecular weight excluding hydrogens is 241 g/mol. The van der Waals surface area contributed by atoms with Gasteiger partial charge in [-0.05, 0) is 43.2 Å². The van der Waals surface area contributed by atoms with Gasteiger partial charge < -0.3 is 10.5 Å². The normalized spacial score (nSPS) is 13.9. The van der Waals surface area contributed by atoms with Gasteiger partial charge >= 0.3 is 0 Å². The minimum atomic E-state index is -0.259. The molecule has 0 aliphatic heterocycles. The Labute approximate surface area is 113 Å². The lowest BCUT2D eigenvalue weighted by Crippen LogP contribution is -2.28. The van der Waals surface area contributed by atoms with Gasteiger partial charge in [0.05, 0.1) is 6.04 Å². The predicted molar refractivity (Wildman–Crippen MR) is 74.6 cm³/mol. The molecule has 0 spiro atoms. The average Bonchev–Trinajstić information content (AvgIpc) is 2.42. The first-order valence-electron chi connectivity index (χ1n) is 6.31. The molecule has 0 radical (unpaired) electrons. The van der Waals surface area contributed by atoms with Crippen LogP contribution in [0, 0.1) is 12.7 Å². The van der Waals surface area contributed by atoms with Gasteiger partial charge in [0.25, 0.3) is 0 Å². The molecule has 0 amide bonds. The first kappa shape index (κ1) is 13.6. The van der Waals surface area contributed by atoms with Crippen LogP contribution in [0.4, 0.5) is 4.39 Å². The van der Waals surface area contributed by atoms with Crippen molar-refractivity contribution in [1.82, 2.24) is 0 Å². The van der Waals surface area contributed by atoms with E-state index in [1.165, 1.54) is 12.1 Å². The standard InChI is InChI=1S/C16H18FNO/c1-11-10-14(17)8-9-15(11)19-12(2)16(18)13-6-4-3-5-7-13/h3-10,12,16H,18H2,1-2H3. The maximum absolute atomic E-state index is 13.0. The molecule has 100 valence electrons. The zero-order valence-corrected chi connectivity index (χ0v) is 11.1. The molecule has 2 aromatic rings. The number of hydrogen-bond acceptors (Lipinski definition) is 2. The minimum absolute atomic E-state index is 0.188. The van der Waals surface area contributed by atoms with Crippen LogP contribution in [0.1, 0.15) is 24.1 Å². The summed E-state index contributed by atoms with van der Waals surface area (Å²) >= 11 is 0. The zero-order chi connectivity index (χ0) is 13.8. The van der Waals surface area contributed by atoms with E-state index >= 15 is 0 Å². The van der Waals surface area contributed by atoms with Gasteiger partial charge in [0.15, 0.2) is 0 Å². The molecule has 2 nitrogen and oxygen atoms in total. The van der Waals surface area contributed by atoms with Gasteiger partial charge in [-0.15, -0.1) is 0 Å². The molecule has 0 fully saturated rings. The van der Waals surface area contributed by atoms with Gasteiger partial charge in [-0.25, -0.2) is 4.39 Å². The van der Waals surface area contributed by atoms with Crippen LogP contribution in [0.15, 0.2) is 48.5 Å². The lowest BCUT2D eigenvalue weighted by Gasteiger charge is -2.22. The highest BCUT2D eigenvalue weighted by Crippen LogP contribution is 2.23. The van der Waals surface area contributed by atoms with Crippen molar-refractivity contribution < 1.29 is 9.13 Å². The smallest absolute Gasteiger partial charge is 0.123 e. The molecule has 2 atom stereocenters. The van der Waals surface area contributed by atoms with Gasteiger partial charge in [-0.1, -0.05) is 30.3 Å². The topological polar surface area (TPSA) is 35.2 Å².